The first-order chi connectivity index (χ1) is 21.3. The van der Waals surface area contributed by atoms with Gasteiger partial charge < -0.3 is 19.1 Å². The molecule has 0 aliphatic carbocycles. The second kappa shape index (κ2) is 14.3. The summed E-state index contributed by atoms with van der Waals surface area (Å²) in [6.45, 7) is 5.93. The predicted octanol–water partition coefficient (Wildman–Crippen LogP) is 4.03. The van der Waals surface area contributed by atoms with Crippen LogP contribution in [-0.4, -0.2) is 33.5 Å². The Morgan fingerprint density at radius 3 is 1.85 bits per heavy atom. The monoisotopic (exact) mass is 649 g/mol. The summed E-state index contributed by atoms with van der Waals surface area (Å²) in [6.07, 6.45) is 2.96. The number of nitrogens with zero attached hydrogens (tertiary/aromatic N) is 1. The van der Waals surface area contributed by atoms with Gasteiger partial charge in [-0.3, -0.25) is 9.19 Å². The maximum absolute atomic E-state index is 12.5. The Balaban J connectivity index is 0.00000480. The van der Waals surface area contributed by atoms with E-state index in [1.807, 2.05) is 48.5 Å². The molecule has 0 saturated carbocycles. The normalized spacial score (nSPS) is 12.9. The van der Waals surface area contributed by atoms with Gasteiger partial charge in [0.1, 0.15) is 29.1 Å². The number of rotatable bonds is 10. The maximum atomic E-state index is 12.5. The van der Waals surface area contributed by atoms with Gasteiger partial charge in [-0.15, -0.1) is 0 Å². The molecule has 0 fully saturated rings. The average Bonchev–Trinajstić information content (AvgIpc) is 3.02. The van der Waals surface area contributed by atoms with E-state index in [1.54, 1.807) is 43.5 Å². The number of aryl methyl sites for hydroxylation is 1. The summed E-state index contributed by atoms with van der Waals surface area (Å²) in [7, 11) is -3.62. The summed E-state index contributed by atoms with van der Waals surface area (Å²) < 4.78 is 59.8. The Labute approximate surface area is 283 Å². The van der Waals surface area contributed by atoms with Crippen molar-refractivity contribution >= 4 is 20.9 Å². The van der Waals surface area contributed by atoms with Crippen molar-refractivity contribution < 1.29 is 50.6 Å². The number of ether oxygens (including phenoxy) is 2. The molecule has 0 aliphatic heterocycles. The second-order valence-electron chi connectivity index (χ2n) is 11.2. The molecule has 0 aliphatic rings. The largest absolute Gasteiger partial charge is 1.00 e. The van der Waals surface area contributed by atoms with Crippen LogP contribution in [0.3, 0.4) is 0 Å². The molecule has 0 amide bonds. The third-order valence-corrected chi connectivity index (χ3v) is 9.61. The van der Waals surface area contributed by atoms with E-state index >= 15 is 0 Å². The van der Waals surface area contributed by atoms with Gasteiger partial charge in [0.15, 0.2) is 9.84 Å². The molecule has 46 heavy (non-hydrogen) atoms. The van der Waals surface area contributed by atoms with E-state index < -0.39 is 27.0 Å². The van der Waals surface area contributed by atoms with Gasteiger partial charge in [0.2, 0.25) is 0 Å². The van der Waals surface area contributed by atoms with E-state index in [4.69, 9.17) is 9.47 Å². The van der Waals surface area contributed by atoms with E-state index in [9.17, 15) is 22.3 Å². The number of hydrogen-bond donors (Lipinski definition) is 1. The fourth-order valence-electron chi connectivity index (χ4n) is 5.00. The van der Waals surface area contributed by atoms with Gasteiger partial charge in [0.25, 0.3) is 0 Å². The molecule has 5 rings (SSSR count). The molecule has 11 heteroatoms. The second-order valence-corrected chi connectivity index (χ2v) is 14.1. The molecule has 232 valence electrons. The van der Waals surface area contributed by atoms with Crippen LogP contribution in [0, 0.1) is 6.92 Å². The molecule has 0 bridgehead atoms. The molecule has 1 aromatic heterocycles. The molecule has 0 radical (unpaired) electrons. The van der Waals surface area contributed by atoms with Crippen LogP contribution in [0.25, 0.3) is 0 Å². The van der Waals surface area contributed by atoms with Gasteiger partial charge in [0.05, 0.1) is 4.90 Å². The molecular weight excluding hydrogens is 617 g/mol. The van der Waals surface area contributed by atoms with Crippen LogP contribution in [0.2, 0.25) is 0 Å². The molecule has 1 heterocycles. The van der Waals surface area contributed by atoms with Crippen molar-refractivity contribution in [3.05, 3.63) is 137 Å². The molecule has 0 spiro atoms. The zero-order valence-corrected chi connectivity index (χ0v) is 27.8. The first-order valence-corrected chi connectivity index (χ1v) is 17.0. The number of benzene rings is 4. The minimum absolute atomic E-state index is 0. The summed E-state index contributed by atoms with van der Waals surface area (Å²) in [5.74, 6) is 1.94. The summed E-state index contributed by atoms with van der Waals surface area (Å²) in [4.78, 5) is 4.25. The van der Waals surface area contributed by atoms with Crippen molar-refractivity contribution in [2.45, 2.75) is 42.1 Å². The first-order valence-electron chi connectivity index (χ1n) is 14.0. The standard InChI is InChI=1S/C35H33NO7S2.Li/c1-23-7-12-30(21-32(23)44(38)39)43-28-15-10-26(11-16-28)35(2,3)25-8-13-27(14-9-25)42-29-17-18-33(45(4,40)41)31(20-29)34(37)24-6-5-19-36-22-24;/h5-22,34,37H,1-4H3,(H,38,39);/q;+1/p-1. The summed E-state index contributed by atoms with van der Waals surface area (Å²) in [5, 5.41) is 11.0. The molecule has 5 aromatic rings. The van der Waals surface area contributed by atoms with Crippen LogP contribution in [-0.2, 0) is 26.3 Å². The fraction of sp³-hybridized carbons (Fsp3) is 0.171. The van der Waals surface area contributed by atoms with Crippen molar-refractivity contribution in [1.82, 2.24) is 4.98 Å². The van der Waals surface area contributed by atoms with Crippen molar-refractivity contribution in [3.8, 4) is 23.0 Å². The Morgan fingerprint density at radius 1 is 0.826 bits per heavy atom. The number of hydrogen-bond acceptors (Lipinski definition) is 8. The first kappa shape index (κ1) is 35.1. The number of sulfone groups is 1. The summed E-state index contributed by atoms with van der Waals surface area (Å²) >= 11 is -2.35. The van der Waals surface area contributed by atoms with Crippen LogP contribution < -0.4 is 28.3 Å². The Kier molecular flexibility index (Phi) is 10.9. The van der Waals surface area contributed by atoms with Crippen molar-refractivity contribution in [1.29, 1.82) is 0 Å². The molecule has 8 nitrogen and oxygen atoms in total. The van der Waals surface area contributed by atoms with Crippen LogP contribution in [0.5, 0.6) is 23.0 Å². The van der Waals surface area contributed by atoms with E-state index in [-0.39, 0.29) is 39.6 Å². The zero-order chi connectivity index (χ0) is 32.4. The molecule has 2 unspecified atom stereocenters. The molecule has 0 saturated heterocycles. The molecule has 1 N–H and O–H groups in total. The number of pyridine rings is 1. The number of aromatic nitrogens is 1. The SMILES string of the molecule is Cc1ccc(Oc2ccc(C(C)(C)c3ccc(Oc4ccc(S(C)(=O)=O)c(C(O)c5cccnc5)c4)cc3)cc2)cc1S(=O)[O-].[Li+]. The maximum Gasteiger partial charge on any atom is 1.00 e. The van der Waals surface area contributed by atoms with Crippen LogP contribution >= 0.6 is 0 Å². The smallest absolute Gasteiger partial charge is 0.768 e. The van der Waals surface area contributed by atoms with Crippen LogP contribution in [0.15, 0.2) is 119 Å². The Morgan fingerprint density at radius 2 is 1.35 bits per heavy atom. The van der Waals surface area contributed by atoms with E-state index in [0.29, 0.717) is 34.1 Å². The van der Waals surface area contributed by atoms with E-state index in [2.05, 4.69) is 18.8 Å². The Hall–Kier alpha value is -3.75. The number of aliphatic hydroxyl groups excluding tert-OH is 1. The molecule has 2 atom stereocenters. The quantitative estimate of drug-likeness (QED) is 0.178. The van der Waals surface area contributed by atoms with Crippen molar-refractivity contribution in [2.75, 3.05) is 6.26 Å². The van der Waals surface area contributed by atoms with E-state index in [0.717, 1.165) is 17.4 Å². The summed E-state index contributed by atoms with van der Waals surface area (Å²) in [6, 6.07) is 28.1. The predicted molar refractivity (Wildman–Crippen MR) is 171 cm³/mol. The van der Waals surface area contributed by atoms with Gasteiger partial charge in [-0.2, -0.15) is 0 Å². The minimum atomic E-state index is -3.62. The topological polar surface area (TPSA) is 126 Å². The van der Waals surface area contributed by atoms with Gasteiger partial charge >= 0.3 is 18.9 Å². The minimum Gasteiger partial charge on any atom is -0.768 e. The van der Waals surface area contributed by atoms with Crippen LogP contribution in [0.1, 0.15) is 47.8 Å². The molecular formula is C35H32LiNO7S2. The fourth-order valence-corrected chi connectivity index (χ4v) is 6.46. The number of aliphatic hydroxyl groups is 1. The third-order valence-electron chi connectivity index (χ3n) is 7.64. The van der Waals surface area contributed by atoms with Gasteiger partial charge in [-0.05, 0) is 95.4 Å². The Bertz CT molecular complexity index is 1950. The zero-order valence-electron chi connectivity index (χ0n) is 26.1. The average molecular weight is 650 g/mol. The van der Waals surface area contributed by atoms with E-state index in [1.165, 1.54) is 24.4 Å². The van der Waals surface area contributed by atoms with Gasteiger partial charge in [-0.25, -0.2) is 8.42 Å². The summed E-state index contributed by atoms with van der Waals surface area (Å²) in [5.41, 5.74) is 3.02. The molecule has 4 aromatic carbocycles. The third kappa shape index (κ3) is 7.96. The van der Waals surface area contributed by atoms with Crippen molar-refractivity contribution in [2.24, 2.45) is 0 Å². The van der Waals surface area contributed by atoms with Crippen molar-refractivity contribution in [3.63, 3.8) is 0 Å². The van der Waals surface area contributed by atoms with Crippen LogP contribution in [0.4, 0.5) is 0 Å². The van der Waals surface area contributed by atoms with Gasteiger partial charge in [-0.1, -0.05) is 50.2 Å². The van der Waals surface area contributed by atoms with Gasteiger partial charge in [0, 0.05) is 40.1 Å².